The van der Waals surface area contributed by atoms with Crippen molar-refractivity contribution in [3.63, 3.8) is 0 Å². The van der Waals surface area contributed by atoms with Gasteiger partial charge in [0.25, 0.3) is 0 Å². The number of hydrogen-bond donors (Lipinski definition) is 1. The maximum Gasteiger partial charge on any atom is 0.335 e. The Kier molecular flexibility index (Phi) is 2.34. The van der Waals surface area contributed by atoms with Crippen LogP contribution in [0.5, 0.6) is 11.5 Å². The van der Waals surface area contributed by atoms with Crippen LogP contribution in [0.4, 0.5) is 0 Å². The number of aromatic carboxylic acids is 1. The number of fused-ring (bicyclic) bond motifs is 2. The first kappa shape index (κ1) is 11.7. The molecule has 3 heterocycles. The molecule has 0 saturated heterocycles. The molecule has 4 rings (SSSR count). The van der Waals surface area contributed by atoms with Gasteiger partial charge in [-0.05, 0) is 30.3 Å². The lowest BCUT2D eigenvalue weighted by molar-refractivity contribution is 0.0697. The van der Waals surface area contributed by atoms with Gasteiger partial charge in [-0.25, -0.2) is 14.3 Å². The summed E-state index contributed by atoms with van der Waals surface area (Å²) in [7, 11) is 0. The van der Waals surface area contributed by atoms with Crippen LogP contribution in [0.15, 0.2) is 36.5 Å². The van der Waals surface area contributed by atoms with Gasteiger partial charge in [0.1, 0.15) is 0 Å². The highest BCUT2D eigenvalue weighted by Gasteiger charge is 2.16. The highest BCUT2D eigenvalue weighted by molar-refractivity contribution is 5.88. The number of pyridine rings is 1. The van der Waals surface area contributed by atoms with Crippen LogP contribution in [-0.4, -0.2) is 32.5 Å². The fraction of sp³-hybridized carbons (Fsp3) is 0.0714. The number of rotatable bonds is 2. The minimum absolute atomic E-state index is 0.173. The van der Waals surface area contributed by atoms with E-state index in [0.29, 0.717) is 23.0 Å². The molecule has 0 amide bonds. The first-order valence-electron chi connectivity index (χ1n) is 6.20. The van der Waals surface area contributed by atoms with Crippen molar-refractivity contribution in [3.05, 3.63) is 42.1 Å². The summed E-state index contributed by atoms with van der Waals surface area (Å²) in [6.07, 6.45) is 1.57. The molecule has 0 spiro atoms. The molecule has 0 fully saturated rings. The summed E-state index contributed by atoms with van der Waals surface area (Å²) < 4.78 is 12.1. The summed E-state index contributed by atoms with van der Waals surface area (Å²) in [6.45, 7) is 0.208. The second-order valence-electron chi connectivity index (χ2n) is 4.53. The molecule has 2 aromatic heterocycles. The first-order valence-corrected chi connectivity index (χ1v) is 6.20. The number of ether oxygens (including phenoxy) is 2. The number of nitrogens with zero attached hydrogens (tertiary/aromatic N) is 3. The molecule has 1 aromatic carbocycles. The van der Waals surface area contributed by atoms with Gasteiger partial charge in [-0.2, -0.15) is 0 Å². The Labute approximate surface area is 118 Å². The van der Waals surface area contributed by atoms with E-state index >= 15 is 0 Å². The number of benzene rings is 1. The van der Waals surface area contributed by atoms with Crippen molar-refractivity contribution in [2.45, 2.75) is 0 Å². The SMILES string of the molecule is O=C(O)c1ccn2nc(-c3ccc4c(c3)OCO4)nc2c1. The Hall–Kier alpha value is -3.09. The lowest BCUT2D eigenvalue weighted by Gasteiger charge is -1.97. The minimum atomic E-state index is -0.995. The van der Waals surface area contributed by atoms with Crippen LogP contribution in [0.25, 0.3) is 17.0 Å². The van der Waals surface area contributed by atoms with Crippen molar-refractivity contribution < 1.29 is 19.4 Å². The number of aromatic nitrogens is 3. The molecule has 0 saturated carbocycles. The van der Waals surface area contributed by atoms with E-state index in [9.17, 15) is 4.79 Å². The van der Waals surface area contributed by atoms with Gasteiger partial charge in [0.05, 0.1) is 5.56 Å². The van der Waals surface area contributed by atoms with E-state index in [-0.39, 0.29) is 12.4 Å². The van der Waals surface area contributed by atoms with Gasteiger partial charge in [0.2, 0.25) is 6.79 Å². The van der Waals surface area contributed by atoms with Crippen LogP contribution < -0.4 is 9.47 Å². The third-order valence-electron chi connectivity index (χ3n) is 3.22. The number of carboxylic acids is 1. The van der Waals surface area contributed by atoms with Gasteiger partial charge >= 0.3 is 5.97 Å². The molecule has 1 N–H and O–H groups in total. The maximum atomic E-state index is 11.0. The van der Waals surface area contributed by atoms with Crippen molar-refractivity contribution in [2.24, 2.45) is 0 Å². The average Bonchev–Trinajstić information content (AvgIpc) is 3.11. The van der Waals surface area contributed by atoms with Crippen LogP contribution in [0.2, 0.25) is 0 Å². The molecule has 21 heavy (non-hydrogen) atoms. The van der Waals surface area contributed by atoms with Gasteiger partial charge in [0, 0.05) is 11.8 Å². The zero-order chi connectivity index (χ0) is 14.4. The molecule has 0 unspecified atom stereocenters. The zero-order valence-corrected chi connectivity index (χ0v) is 10.7. The zero-order valence-electron chi connectivity index (χ0n) is 10.7. The molecule has 0 bridgehead atoms. The largest absolute Gasteiger partial charge is 0.478 e. The molecule has 1 aliphatic heterocycles. The molecule has 104 valence electrons. The fourth-order valence-corrected chi connectivity index (χ4v) is 2.17. The Morgan fingerprint density at radius 3 is 2.90 bits per heavy atom. The van der Waals surface area contributed by atoms with E-state index < -0.39 is 5.97 Å². The van der Waals surface area contributed by atoms with E-state index in [0.717, 1.165) is 5.56 Å². The van der Waals surface area contributed by atoms with E-state index in [2.05, 4.69) is 10.1 Å². The summed E-state index contributed by atoms with van der Waals surface area (Å²) in [5.74, 6) is 0.842. The predicted molar refractivity (Wildman–Crippen MR) is 71.5 cm³/mol. The second kappa shape index (κ2) is 4.20. The van der Waals surface area contributed by atoms with Gasteiger partial charge in [-0.15, -0.1) is 5.10 Å². The molecule has 0 aliphatic carbocycles. The van der Waals surface area contributed by atoms with Crippen LogP contribution in [0, 0.1) is 0 Å². The smallest absolute Gasteiger partial charge is 0.335 e. The molecular formula is C14H9N3O4. The lowest BCUT2D eigenvalue weighted by Crippen LogP contribution is -1.97. The molecule has 3 aromatic rings. The molecule has 7 nitrogen and oxygen atoms in total. The van der Waals surface area contributed by atoms with Crippen molar-refractivity contribution in [3.8, 4) is 22.9 Å². The quantitative estimate of drug-likeness (QED) is 0.772. The van der Waals surface area contributed by atoms with Crippen molar-refractivity contribution in [1.29, 1.82) is 0 Å². The lowest BCUT2D eigenvalue weighted by atomic mass is 10.2. The topological polar surface area (TPSA) is 86.0 Å². The second-order valence-corrected chi connectivity index (χ2v) is 4.53. The van der Waals surface area contributed by atoms with Gasteiger partial charge in [0.15, 0.2) is 23.0 Å². The van der Waals surface area contributed by atoms with Crippen LogP contribution >= 0.6 is 0 Å². The number of carboxylic acid groups (broad SMARTS) is 1. The van der Waals surface area contributed by atoms with E-state index in [1.54, 1.807) is 18.3 Å². The highest BCUT2D eigenvalue weighted by Crippen LogP contribution is 2.35. The van der Waals surface area contributed by atoms with Crippen molar-refractivity contribution in [1.82, 2.24) is 14.6 Å². The van der Waals surface area contributed by atoms with Gasteiger partial charge < -0.3 is 14.6 Å². The Morgan fingerprint density at radius 2 is 2.05 bits per heavy atom. The Morgan fingerprint density at radius 1 is 1.19 bits per heavy atom. The van der Waals surface area contributed by atoms with Gasteiger partial charge in [-0.3, -0.25) is 0 Å². The maximum absolute atomic E-state index is 11.0. The molecule has 0 radical (unpaired) electrons. The van der Waals surface area contributed by atoms with Crippen LogP contribution in [0.1, 0.15) is 10.4 Å². The van der Waals surface area contributed by atoms with E-state index in [1.165, 1.54) is 16.6 Å². The van der Waals surface area contributed by atoms with E-state index in [4.69, 9.17) is 14.6 Å². The van der Waals surface area contributed by atoms with Gasteiger partial charge in [-0.1, -0.05) is 0 Å². The summed E-state index contributed by atoms with van der Waals surface area (Å²) in [4.78, 5) is 15.3. The Balaban J connectivity index is 1.81. The van der Waals surface area contributed by atoms with Crippen LogP contribution in [-0.2, 0) is 0 Å². The van der Waals surface area contributed by atoms with Crippen molar-refractivity contribution in [2.75, 3.05) is 6.79 Å². The number of carbonyl (C=O) groups is 1. The summed E-state index contributed by atoms with van der Waals surface area (Å²) >= 11 is 0. The monoisotopic (exact) mass is 283 g/mol. The Bertz CT molecular complexity index is 872. The summed E-state index contributed by atoms with van der Waals surface area (Å²) in [6, 6.07) is 8.39. The van der Waals surface area contributed by atoms with Crippen molar-refractivity contribution >= 4 is 11.6 Å². The minimum Gasteiger partial charge on any atom is -0.478 e. The summed E-state index contributed by atoms with van der Waals surface area (Å²) in [5.41, 5.74) is 1.43. The number of hydrogen-bond acceptors (Lipinski definition) is 5. The molecular weight excluding hydrogens is 274 g/mol. The third kappa shape index (κ3) is 1.86. The molecule has 1 aliphatic rings. The predicted octanol–water partition coefficient (Wildman–Crippen LogP) is 1.82. The standard InChI is InChI=1S/C14H9N3O4/c18-14(19)9-3-4-17-12(6-9)15-13(16-17)8-1-2-10-11(5-8)21-7-20-10/h1-6H,7H2,(H,18,19). The van der Waals surface area contributed by atoms with E-state index in [1.807, 2.05) is 6.07 Å². The third-order valence-corrected chi connectivity index (χ3v) is 3.22. The highest BCUT2D eigenvalue weighted by atomic mass is 16.7. The fourth-order valence-electron chi connectivity index (χ4n) is 2.17. The normalized spacial score (nSPS) is 12.8. The average molecular weight is 283 g/mol. The van der Waals surface area contributed by atoms with Crippen LogP contribution in [0.3, 0.4) is 0 Å². The first-order chi connectivity index (χ1) is 10.2. The molecule has 0 atom stereocenters. The molecule has 7 heteroatoms. The summed E-state index contributed by atoms with van der Waals surface area (Å²) in [5, 5.41) is 13.3.